The van der Waals surface area contributed by atoms with E-state index in [9.17, 15) is 0 Å². The molecule has 2 saturated carbocycles. The van der Waals surface area contributed by atoms with Crippen molar-refractivity contribution < 1.29 is 14.2 Å². The van der Waals surface area contributed by atoms with Crippen molar-refractivity contribution in [3.63, 3.8) is 0 Å². The number of hydrogen-bond donors (Lipinski definition) is 1. The molecule has 2 unspecified atom stereocenters. The maximum absolute atomic E-state index is 5.74. The van der Waals surface area contributed by atoms with Crippen molar-refractivity contribution in [2.45, 2.75) is 32.6 Å². The highest BCUT2D eigenvalue weighted by molar-refractivity contribution is 5.03. The van der Waals surface area contributed by atoms with Crippen molar-refractivity contribution in [2.24, 2.45) is 17.3 Å². The molecule has 4 nitrogen and oxygen atoms in total. The van der Waals surface area contributed by atoms with Crippen molar-refractivity contribution in [1.82, 2.24) is 5.32 Å². The van der Waals surface area contributed by atoms with Crippen LogP contribution in [0.3, 0.4) is 0 Å². The number of fused-ring (bicyclic) bond motifs is 1. The molecule has 0 aromatic heterocycles. The third-order valence-corrected chi connectivity index (χ3v) is 4.79. The molecule has 1 N–H and O–H groups in total. The molecule has 0 aromatic carbocycles. The van der Waals surface area contributed by atoms with Crippen LogP contribution >= 0.6 is 0 Å². The summed E-state index contributed by atoms with van der Waals surface area (Å²) in [5.41, 5.74) is 0.514. The van der Waals surface area contributed by atoms with Crippen LogP contribution < -0.4 is 5.32 Å². The van der Waals surface area contributed by atoms with E-state index in [1.165, 1.54) is 32.2 Å². The average Bonchev–Trinajstić information content (AvgIpc) is 3.08. The molecule has 2 aliphatic rings. The molecule has 0 heterocycles. The molecular weight excluding hydrogens is 254 g/mol. The lowest BCUT2D eigenvalue weighted by atomic mass is 9.80. The number of nitrogens with one attached hydrogen (secondary N) is 1. The molecule has 0 aromatic rings. The van der Waals surface area contributed by atoms with Gasteiger partial charge in [0.25, 0.3) is 0 Å². The van der Waals surface area contributed by atoms with Crippen LogP contribution in [0, 0.1) is 17.3 Å². The topological polar surface area (TPSA) is 39.7 Å². The second-order valence-corrected chi connectivity index (χ2v) is 6.41. The second kappa shape index (κ2) is 8.32. The summed E-state index contributed by atoms with van der Waals surface area (Å²) >= 11 is 0. The van der Waals surface area contributed by atoms with Crippen LogP contribution in [0.15, 0.2) is 0 Å². The number of hydrogen-bond acceptors (Lipinski definition) is 4. The first-order chi connectivity index (χ1) is 9.79. The summed E-state index contributed by atoms with van der Waals surface area (Å²) in [5, 5.41) is 3.55. The molecule has 20 heavy (non-hydrogen) atoms. The highest BCUT2D eigenvalue weighted by Crippen LogP contribution is 2.60. The summed E-state index contributed by atoms with van der Waals surface area (Å²) in [5.74, 6) is 2.07. The maximum Gasteiger partial charge on any atom is 0.0701 e. The van der Waals surface area contributed by atoms with Gasteiger partial charge in [-0.1, -0.05) is 6.92 Å². The largest absolute Gasteiger partial charge is 0.382 e. The van der Waals surface area contributed by atoms with E-state index in [-0.39, 0.29) is 0 Å². The minimum Gasteiger partial charge on any atom is -0.382 e. The monoisotopic (exact) mass is 285 g/mol. The van der Waals surface area contributed by atoms with Crippen molar-refractivity contribution >= 4 is 0 Å². The van der Waals surface area contributed by atoms with Crippen molar-refractivity contribution in [3.8, 4) is 0 Å². The average molecular weight is 285 g/mol. The van der Waals surface area contributed by atoms with Crippen LogP contribution in [0.25, 0.3) is 0 Å². The van der Waals surface area contributed by atoms with Crippen LogP contribution in [0.5, 0.6) is 0 Å². The van der Waals surface area contributed by atoms with E-state index in [2.05, 4.69) is 12.2 Å². The van der Waals surface area contributed by atoms with Gasteiger partial charge < -0.3 is 19.5 Å². The zero-order valence-corrected chi connectivity index (χ0v) is 13.2. The van der Waals surface area contributed by atoms with Gasteiger partial charge in [-0.25, -0.2) is 0 Å². The highest BCUT2D eigenvalue weighted by atomic mass is 16.5. The van der Waals surface area contributed by atoms with Gasteiger partial charge in [-0.3, -0.25) is 0 Å². The van der Waals surface area contributed by atoms with Crippen LogP contribution in [0.4, 0.5) is 0 Å². The van der Waals surface area contributed by atoms with Crippen LogP contribution in [-0.2, 0) is 14.2 Å². The van der Waals surface area contributed by atoms with Gasteiger partial charge in [0.2, 0.25) is 0 Å². The Morgan fingerprint density at radius 1 is 1.00 bits per heavy atom. The van der Waals surface area contributed by atoms with Crippen molar-refractivity contribution in [2.75, 3.05) is 53.2 Å². The SMILES string of the molecule is CCNCC1(CCOCCOCCOC)CC2CC2C1. The van der Waals surface area contributed by atoms with Gasteiger partial charge in [0.1, 0.15) is 0 Å². The van der Waals surface area contributed by atoms with Crippen LogP contribution in [0.2, 0.25) is 0 Å². The summed E-state index contributed by atoms with van der Waals surface area (Å²) in [7, 11) is 1.69. The third kappa shape index (κ3) is 4.99. The molecule has 0 amide bonds. The lowest BCUT2D eigenvalue weighted by Gasteiger charge is -2.31. The molecule has 0 spiro atoms. The Morgan fingerprint density at radius 3 is 2.30 bits per heavy atom. The summed E-state index contributed by atoms with van der Waals surface area (Å²) in [6, 6.07) is 0. The Morgan fingerprint density at radius 2 is 1.65 bits per heavy atom. The van der Waals surface area contributed by atoms with Crippen LogP contribution in [0.1, 0.15) is 32.6 Å². The third-order valence-electron chi connectivity index (χ3n) is 4.79. The van der Waals surface area contributed by atoms with E-state index in [0.29, 0.717) is 31.8 Å². The molecule has 118 valence electrons. The standard InChI is InChI=1S/C16H31NO3/c1-3-17-13-16(11-14-10-15(14)12-16)4-5-19-8-9-20-7-6-18-2/h14-15,17H,3-13H2,1-2H3. The number of rotatable bonds is 12. The lowest BCUT2D eigenvalue weighted by Crippen LogP contribution is -2.34. The molecule has 2 aliphatic carbocycles. The van der Waals surface area contributed by atoms with Crippen molar-refractivity contribution in [1.29, 1.82) is 0 Å². The van der Waals surface area contributed by atoms with Gasteiger partial charge >= 0.3 is 0 Å². The molecule has 2 rings (SSSR count). The van der Waals surface area contributed by atoms with E-state index in [4.69, 9.17) is 14.2 Å². The summed E-state index contributed by atoms with van der Waals surface area (Å²) in [4.78, 5) is 0. The predicted molar refractivity (Wildman–Crippen MR) is 79.9 cm³/mol. The fraction of sp³-hybridized carbons (Fsp3) is 1.00. The number of ether oxygens (including phenoxy) is 3. The van der Waals surface area contributed by atoms with Gasteiger partial charge in [0, 0.05) is 20.3 Å². The fourth-order valence-electron chi connectivity index (χ4n) is 3.59. The van der Waals surface area contributed by atoms with Gasteiger partial charge in [-0.2, -0.15) is 0 Å². The molecule has 0 bridgehead atoms. The van der Waals surface area contributed by atoms with Gasteiger partial charge in [-0.05, 0) is 49.5 Å². The van der Waals surface area contributed by atoms with E-state index in [1.54, 1.807) is 7.11 Å². The fourth-order valence-corrected chi connectivity index (χ4v) is 3.59. The first-order valence-electron chi connectivity index (χ1n) is 8.15. The van der Waals surface area contributed by atoms with Crippen molar-refractivity contribution in [3.05, 3.63) is 0 Å². The van der Waals surface area contributed by atoms with E-state index in [1.807, 2.05) is 0 Å². The minimum atomic E-state index is 0.514. The molecule has 0 aliphatic heterocycles. The Labute approximate surface area is 123 Å². The van der Waals surface area contributed by atoms with Crippen LogP contribution in [-0.4, -0.2) is 53.2 Å². The Bertz CT molecular complexity index is 262. The highest BCUT2D eigenvalue weighted by Gasteiger charge is 2.52. The second-order valence-electron chi connectivity index (χ2n) is 6.41. The van der Waals surface area contributed by atoms with Gasteiger partial charge in [0.15, 0.2) is 0 Å². The molecule has 0 radical (unpaired) electrons. The van der Waals surface area contributed by atoms with E-state index < -0.39 is 0 Å². The Kier molecular flexibility index (Phi) is 6.75. The maximum atomic E-state index is 5.74. The van der Waals surface area contributed by atoms with E-state index in [0.717, 1.165) is 25.0 Å². The molecule has 4 heteroatoms. The zero-order chi connectivity index (χ0) is 14.3. The summed E-state index contributed by atoms with van der Waals surface area (Å²) in [6.45, 7) is 8.01. The first-order valence-corrected chi connectivity index (χ1v) is 8.15. The minimum absolute atomic E-state index is 0.514. The summed E-state index contributed by atoms with van der Waals surface area (Å²) in [6.07, 6.45) is 5.52. The predicted octanol–water partition coefficient (Wildman–Crippen LogP) is 2.08. The quantitative estimate of drug-likeness (QED) is 0.557. The molecule has 0 saturated heterocycles. The smallest absolute Gasteiger partial charge is 0.0701 e. The van der Waals surface area contributed by atoms with Gasteiger partial charge in [-0.15, -0.1) is 0 Å². The zero-order valence-electron chi connectivity index (χ0n) is 13.2. The molecule has 2 atom stereocenters. The lowest BCUT2D eigenvalue weighted by molar-refractivity contribution is 0.0157. The van der Waals surface area contributed by atoms with E-state index >= 15 is 0 Å². The Balaban J connectivity index is 1.54. The molecule has 2 fully saturated rings. The normalized spacial score (nSPS) is 31.5. The Hall–Kier alpha value is -0.160. The van der Waals surface area contributed by atoms with Gasteiger partial charge in [0.05, 0.1) is 26.4 Å². The first kappa shape index (κ1) is 16.2. The number of methoxy groups -OCH3 is 1. The summed E-state index contributed by atoms with van der Waals surface area (Å²) < 4.78 is 16.1. The molecular formula is C16H31NO3.